The average molecular weight is 258 g/mol. The summed E-state index contributed by atoms with van der Waals surface area (Å²) in [5.41, 5.74) is 8.15. The monoisotopic (exact) mass is 258 g/mol. The van der Waals surface area contributed by atoms with E-state index < -0.39 is 0 Å². The molecule has 0 spiro atoms. The van der Waals surface area contributed by atoms with Crippen LogP contribution in [0.5, 0.6) is 5.75 Å². The van der Waals surface area contributed by atoms with Crippen molar-refractivity contribution in [3.63, 3.8) is 0 Å². The Kier molecular flexibility index (Phi) is 4.18. The Morgan fingerprint density at radius 3 is 2.95 bits per heavy atom. The van der Waals surface area contributed by atoms with Gasteiger partial charge < -0.3 is 15.8 Å². The van der Waals surface area contributed by atoms with E-state index in [0.717, 1.165) is 23.0 Å². The molecule has 5 heteroatoms. The number of nitrogens with zero attached hydrogens (tertiary/aromatic N) is 2. The van der Waals surface area contributed by atoms with E-state index in [1.807, 2.05) is 32.0 Å². The van der Waals surface area contributed by atoms with E-state index in [0.29, 0.717) is 18.8 Å². The minimum Gasteiger partial charge on any atom is -0.492 e. The van der Waals surface area contributed by atoms with Crippen molar-refractivity contribution in [2.45, 2.75) is 13.8 Å². The molecular formula is C14H18N4O. The normalized spacial score (nSPS) is 10.2. The molecule has 0 aliphatic rings. The Morgan fingerprint density at radius 1 is 1.32 bits per heavy atom. The highest BCUT2D eigenvalue weighted by Gasteiger charge is 2.01. The summed E-state index contributed by atoms with van der Waals surface area (Å²) in [5.74, 6) is 1.57. The third kappa shape index (κ3) is 3.84. The van der Waals surface area contributed by atoms with Crippen LogP contribution in [0.1, 0.15) is 11.4 Å². The van der Waals surface area contributed by atoms with Crippen LogP contribution in [-0.4, -0.2) is 23.1 Å². The third-order valence-electron chi connectivity index (χ3n) is 2.60. The number of rotatable bonds is 5. The summed E-state index contributed by atoms with van der Waals surface area (Å²) < 4.78 is 5.59. The summed E-state index contributed by atoms with van der Waals surface area (Å²) in [6, 6.07) is 7.39. The van der Waals surface area contributed by atoms with Gasteiger partial charge in [-0.1, -0.05) is 6.07 Å². The quantitative estimate of drug-likeness (QED) is 0.635. The highest BCUT2D eigenvalue weighted by Crippen LogP contribution is 2.14. The van der Waals surface area contributed by atoms with Gasteiger partial charge in [0.05, 0.1) is 17.9 Å². The lowest BCUT2D eigenvalue weighted by Crippen LogP contribution is -2.14. The Balaban J connectivity index is 1.82. The van der Waals surface area contributed by atoms with Crippen LogP contribution in [0.25, 0.3) is 0 Å². The standard InChI is InChI=1S/C14H18N4O/c1-10-9-17-11(2)14(18-10)16-6-7-19-13-5-3-4-12(15)8-13/h3-5,8-9H,6-7,15H2,1-2H3,(H,16,18). The largest absolute Gasteiger partial charge is 0.492 e. The molecule has 0 aliphatic carbocycles. The molecule has 0 bridgehead atoms. The van der Waals surface area contributed by atoms with E-state index in [2.05, 4.69) is 15.3 Å². The van der Waals surface area contributed by atoms with Crippen molar-refractivity contribution in [2.75, 3.05) is 24.2 Å². The third-order valence-corrected chi connectivity index (χ3v) is 2.60. The topological polar surface area (TPSA) is 73.1 Å². The molecule has 1 heterocycles. The Bertz CT molecular complexity index is 557. The maximum absolute atomic E-state index is 5.68. The van der Waals surface area contributed by atoms with Gasteiger partial charge in [-0.3, -0.25) is 4.98 Å². The lowest BCUT2D eigenvalue weighted by molar-refractivity contribution is 0.333. The van der Waals surface area contributed by atoms with Crippen molar-refractivity contribution in [1.29, 1.82) is 0 Å². The van der Waals surface area contributed by atoms with Crippen molar-refractivity contribution < 1.29 is 4.74 Å². The highest BCUT2D eigenvalue weighted by atomic mass is 16.5. The van der Waals surface area contributed by atoms with Gasteiger partial charge in [-0.2, -0.15) is 0 Å². The molecule has 0 aliphatic heterocycles. The van der Waals surface area contributed by atoms with E-state index in [-0.39, 0.29) is 0 Å². The zero-order chi connectivity index (χ0) is 13.7. The lowest BCUT2D eigenvalue weighted by Gasteiger charge is -2.10. The van der Waals surface area contributed by atoms with E-state index in [1.165, 1.54) is 0 Å². The fourth-order valence-electron chi connectivity index (χ4n) is 1.65. The van der Waals surface area contributed by atoms with Crippen LogP contribution in [-0.2, 0) is 0 Å². The molecule has 19 heavy (non-hydrogen) atoms. The molecule has 0 fully saturated rings. The lowest BCUT2D eigenvalue weighted by atomic mass is 10.3. The predicted molar refractivity (Wildman–Crippen MR) is 76.3 cm³/mol. The van der Waals surface area contributed by atoms with Crippen LogP contribution in [0.15, 0.2) is 30.5 Å². The Labute approximate surface area is 112 Å². The first-order chi connectivity index (χ1) is 9.15. The van der Waals surface area contributed by atoms with E-state index >= 15 is 0 Å². The molecule has 2 rings (SSSR count). The fraction of sp³-hybridized carbons (Fsp3) is 0.286. The summed E-state index contributed by atoms with van der Waals surface area (Å²) in [6.07, 6.45) is 1.75. The van der Waals surface area contributed by atoms with E-state index in [9.17, 15) is 0 Å². The maximum atomic E-state index is 5.68. The van der Waals surface area contributed by atoms with Crippen molar-refractivity contribution in [1.82, 2.24) is 9.97 Å². The zero-order valence-electron chi connectivity index (χ0n) is 11.2. The van der Waals surface area contributed by atoms with Gasteiger partial charge in [-0.15, -0.1) is 0 Å². The number of anilines is 2. The number of aromatic nitrogens is 2. The van der Waals surface area contributed by atoms with E-state index in [1.54, 1.807) is 12.3 Å². The van der Waals surface area contributed by atoms with Crippen LogP contribution in [0.2, 0.25) is 0 Å². The van der Waals surface area contributed by atoms with E-state index in [4.69, 9.17) is 10.5 Å². The number of aryl methyl sites for hydroxylation is 2. The second-order valence-electron chi connectivity index (χ2n) is 4.29. The molecule has 1 aromatic heterocycles. The van der Waals surface area contributed by atoms with Crippen molar-refractivity contribution >= 4 is 11.5 Å². The van der Waals surface area contributed by atoms with Gasteiger partial charge in [0.25, 0.3) is 0 Å². The molecule has 0 saturated carbocycles. The first-order valence-electron chi connectivity index (χ1n) is 6.17. The minimum absolute atomic E-state index is 0.540. The van der Waals surface area contributed by atoms with Gasteiger partial charge >= 0.3 is 0 Å². The highest BCUT2D eigenvalue weighted by molar-refractivity contribution is 5.43. The SMILES string of the molecule is Cc1cnc(C)c(NCCOc2cccc(N)c2)n1. The summed E-state index contributed by atoms with van der Waals surface area (Å²) in [7, 11) is 0. The number of ether oxygens (including phenoxy) is 1. The summed E-state index contributed by atoms with van der Waals surface area (Å²) in [5, 5.41) is 3.21. The van der Waals surface area contributed by atoms with Crippen LogP contribution in [0.4, 0.5) is 11.5 Å². The Hall–Kier alpha value is -2.30. The number of nitrogen functional groups attached to an aromatic ring is 1. The fourth-order valence-corrected chi connectivity index (χ4v) is 1.65. The van der Waals surface area contributed by atoms with Crippen molar-refractivity contribution in [3.8, 4) is 5.75 Å². The molecule has 0 unspecified atom stereocenters. The molecule has 0 radical (unpaired) electrons. The zero-order valence-corrected chi connectivity index (χ0v) is 11.2. The first kappa shape index (κ1) is 13.1. The van der Waals surface area contributed by atoms with Crippen LogP contribution < -0.4 is 15.8 Å². The van der Waals surface area contributed by atoms with Crippen molar-refractivity contribution in [3.05, 3.63) is 41.9 Å². The van der Waals surface area contributed by atoms with Gasteiger partial charge in [0.1, 0.15) is 18.2 Å². The number of nitrogens with two attached hydrogens (primary N) is 1. The molecule has 100 valence electrons. The first-order valence-corrected chi connectivity index (χ1v) is 6.17. The summed E-state index contributed by atoms with van der Waals surface area (Å²) >= 11 is 0. The molecular weight excluding hydrogens is 240 g/mol. The number of benzene rings is 1. The summed E-state index contributed by atoms with van der Waals surface area (Å²) in [4.78, 5) is 8.63. The molecule has 0 saturated heterocycles. The number of hydrogen-bond donors (Lipinski definition) is 2. The molecule has 1 aromatic carbocycles. The molecule has 3 N–H and O–H groups in total. The molecule has 0 amide bonds. The molecule has 0 atom stereocenters. The second kappa shape index (κ2) is 6.04. The summed E-state index contributed by atoms with van der Waals surface area (Å²) in [6.45, 7) is 5.04. The van der Waals surface area contributed by atoms with Crippen LogP contribution in [0, 0.1) is 13.8 Å². The predicted octanol–water partition coefficient (Wildman–Crippen LogP) is 2.17. The smallest absolute Gasteiger partial charge is 0.147 e. The second-order valence-corrected chi connectivity index (χ2v) is 4.29. The van der Waals surface area contributed by atoms with Gasteiger partial charge in [0, 0.05) is 18.0 Å². The maximum Gasteiger partial charge on any atom is 0.147 e. The average Bonchev–Trinajstić information content (AvgIpc) is 2.39. The molecule has 5 nitrogen and oxygen atoms in total. The van der Waals surface area contributed by atoms with Gasteiger partial charge in [0.15, 0.2) is 0 Å². The van der Waals surface area contributed by atoms with Gasteiger partial charge in [0.2, 0.25) is 0 Å². The molecule has 2 aromatic rings. The van der Waals surface area contributed by atoms with Gasteiger partial charge in [-0.25, -0.2) is 4.98 Å². The number of hydrogen-bond acceptors (Lipinski definition) is 5. The van der Waals surface area contributed by atoms with Gasteiger partial charge in [-0.05, 0) is 26.0 Å². The Morgan fingerprint density at radius 2 is 2.16 bits per heavy atom. The number of nitrogens with one attached hydrogen (secondary N) is 1. The van der Waals surface area contributed by atoms with Crippen LogP contribution in [0.3, 0.4) is 0 Å². The van der Waals surface area contributed by atoms with Crippen molar-refractivity contribution in [2.24, 2.45) is 0 Å². The van der Waals surface area contributed by atoms with Crippen LogP contribution >= 0.6 is 0 Å². The minimum atomic E-state index is 0.540.